The van der Waals surface area contributed by atoms with E-state index in [9.17, 15) is 0 Å². The largest absolute Gasteiger partial charge is 1.00 e. The molecule has 0 bridgehead atoms. The molecule has 0 N–H and O–H groups in total. The van der Waals surface area contributed by atoms with E-state index in [0.29, 0.717) is 5.28 Å². The van der Waals surface area contributed by atoms with Crippen molar-refractivity contribution in [1.29, 1.82) is 0 Å². The van der Waals surface area contributed by atoms with Gasteiger partial charge in [0, 0.05) is 6.20 Å². The number of hydrogen-bond acceptors (Lipinski definition) is 4. The van der Waals surface area contributed by atoms with Gasteiger partial charge in [0.1, 0.15) is 5.03 Å². The first-order valence-electron chi connectivity index (χ1n) is 2.76. The summed E-state index contributed by atoms with van der Waals surface area (Å²) < 4.78 is 0. The SMILES string of the molecule is CSc1ccnc(Cl)n1.C[S-].[Na+]. The molecule has 1 rings (SSSR count). The number of aromatic nitrogens is 2. The van der Waals surface area contributed by atoms with Crippen molar-refractivity contribution < 1.29 is 29.6 Å². The fraction of sp³-hybridized carbons (Fsp3) is 0.333. The average Bonchev–Trinajstić information content (AvgIpc) is 2.08. The van der Waals surface area contributed by atoms with Crippen molar-refractivity contribution in [3.63, 3.8) is 0 Å². The van der Waals surface area contributed by atoms with E-state index in [2.05, 4.69) is 22.6 Å². The fourth-order valence-corrected chi connectivity index (χ4v) is 1.01. The Labute approximate surface area is 110 Å². The smallest absolute Gasteiger partial charge is 0.796 e. The van der Waals surface area contributed by atoms with Gasteiger partial charge in [-0.05, 0) is 23.9 Å². The maximum Gasteiger partial charge on any atom is 1.00 e. The Kier molecular flexibility index (Phi) is 13.1. The quantitative estimate of drug-likeness (QED) is 0.204. The van der Waals surface area contributed by atoms with Crippen LogP contribution in [-0.4, -0.2) is 22.5 Å². The Bertz CT molecular complexity index is 212. The van der Waals surface area contributed by atoms with Gasteiger partial charge in [-0.3, -0.25) is 0 Å². The van der Waals surface area contributed by atoms with Gasteiger partial charge in [-0.2, -0.15) is 6.26 Å². The predicted molar refractivity (Wildman–Crippen MR) is 52.1 cm³/mol. The number of hydrogen-bond donors (Lipinski definition) is 0. The maximum absolute atomic E-state index is 5.49. The third kappa shape index (κ3) is 6.57. The molecule has 0 saturated heterocycles. The molecule has 0 saturated carbocycles. The molecular weight excluding hydrogens is 223 g/mol. The second-order valence-electron chi connectivity index (χ2n) is 1.37. The standard InChI is InChI=1S/C5H5ClN2S.CH4S.Na/c1-9-4-2-3-7-5(6)8-4;1-2;/h2-3H,1H3;2H,1H3;/q;;+1/p-1. The molecule has 6 heteroatoms. The summed E-state index contributed by atoms with van der Waals surface area (Å²) >= 11 is 11.1. The first kappa shape index (κ1) is 15.5. The molecule has 0 fully saturated rings. The van der Waals surface area contributed by atoms with E-state index in [0.717, 1.165) is 5.03 Å². The zero-order valence-electron chi connectivity index (χ0n) is 7.24. The van der Waals surface area contributed by atoms with Crippen molar-refractivity contribution in [2.24, 2.45) is 0 Å². The summed E-state index contributed by atoms with van der Waals surface area (Å²) in [6, 6.07) is 1.82. The van der Waals surface area contributed by atoms with Crippen LogP contribution in [0.5, 0.6) is 0 Å². The molecule has 1 aromatic rings. The van der Waals surface area contributed by atoms with Crippen LogP contribution in [0.1, 0.15) is 0 Å². The van der Waals surface area contributed by atoms with Gasteiger partial charge < -0.3 is 12.6 Å². The van der Waals surface area contributed by atoms with Gasteiger partial charge in [0.25, 0.3) is 0 Å². The van der Waals surface area contributed by atoms with Crippen LogP contribution in [0.15, 0.2) is 17.3 Å². The summed E-state index contributed by atoms with van der Waals surface area (Å²) in [5, 5.41) is 1.21. The molecule has 1 heterocycles. The Morgan fingerprint density at radius 1 is 1.50 bits per heavy atom. The average molecular weight is 231 g/mol. The van der Waals surface area contributed by atoms with E-state index in [1.54, 1.807) is 24.2 Å². The minimum absolute atomic E-state index is 0. The number of halogens is 1. The minimum Gasteiger partial charge on any atom is -0.796 e. The summed E-state index contributed by atoms with van der Waals surface area (Å²) in [7, 11) is 0. The molecule has 0 radical (unpaired) electrons. The van der Waals surface area contributed by atoms with Crippen LogP contribution in [0, 0.1) is 0 Å². The van der Waals surface area contributed by atoms with E-state index < -0.39 is 0 Å². The molecule has 0 aliphatic heterocycles. The summed E-state index contributed by atoms with van der Waals surface area (Å²) in [4.78, 5) is 7.64. The van der Waals surface area contributed by atoms with Crippen molar-refractivity contribution in [2.45, 2.75) is 5.03 Å². The molecule has 0 spiro atoms. The van der Waals surface area contributed by atoms with Crippen molar-refractivity contribution in [3.05, 3.63) is 17.5 Å². The predicted octanol–water partition coefficient (Wildman–Crippen LogP) is -0.981. The molecule has 12 heavy (non-hydrogen) atoms. The van der Waals surface area contributed by atoms with Gasteiger partial charge in [-0.1, -0.05) is 0 Å². The molecule has 0 aromatic carbocycles. The monoisotopic (exact) mass is 230 g/mol. The van der Waals surface area contributed by atoms with Gasteiger partial charge in [0.2, 0.25) is 5.28 Å². The van der Waals surface area contributed by atoms with E-state index in [-0.39, 0.29) is 29.6 Å². The molecule has 0 unspecified atom stereocenters. The first-order chi connectivity index (χ1) is 5.33. The molecular formula is C6H8ClN2NaS2. The third-order valence-corrected chi connectivity index (χ3v) is 1.64. The Morgan fingerprint density at radius 3 is 2.42 bits per heavy atom. The topological polar surface area (TPSA) is 25.8 Å². The second-order valence-corrected chi connectivity index (χ2v) is 2.53. The third-order valence-electron chi connectivity index (χ3n) is 0.810. The van der Waals surface area contributed by atoms with Crippen LogP contribution in [-0.2, 0) is 12.6 Å². The molecule has 0 aliphatic rings. The summed E-state index contributed by atoms with van der Waals surface area (Å²) in [5.41, 5.74) is 0. The Balaban J connectivity index is 0. The van der Waals surface area contributed by atoms with Crippen LogP contribution in [0.3, 0.4) is 0 Å². The second kappa shape index (κ2) is 10.2. The Hall–Kier alpha value is 1.07. The fourth-order valence-electron chi connectivity index (χ4n) is 0.433. The normalized spacial score (nSPS) is 7.67. The molecule has 0 aliphatic carbocycles. The van der Waals surface area contributed by atoms with E-state index in [1.165, 1.54) is 0 Å². The Morgan fingerprint density at radius 2 is 2.08 bits per heavy atom. The number of nitrogens with zero attached hydrogens (tertiary/aromatic N) is 2. The van der Waals surface area contributed by atoms with Gasteiger partial charge in [-0.15, -0.1) is 11.8 Å². The summed E-state index contributed by atoms with van der Waals surface area (Å²) in [6.45, 7) is 0. The van der Waals surface area contributed by atoms with E-state index >= 15 is 0 Å². The molecule has 0 amide bonds. The van der Waals surface area contributed by atoms with Gasteiger partial charge in [0.15, 0.2) is 0 Å². The van der Waals surface area contributed by atoms with Crippen molar-refractivity contribution >= 4 is 36.0 Å². The minimum atomic E-state index is 0. The van der Waals surface area contributed by atoms with Gasteiger partial charge >= 0.3 is 29.6 Å². The van der Waals surface area contributed by atoms with Crippen LogP contribution >= 0.6 is 23.4 Å². The molecule has 1 aromatic heterocycles. The first-order valence-corrected chi connectivity index (χ1v) is 5.18. The van der Waals surface area contributed by atoms with E-state index in [1.807, 2.05) is 12.3 Å². The van der Waals surface area contributed by atoms with Crippen LogP contribution in [0.2, 0.25) is 5.28 Å². The van der Waals surface area contributed by atoms with Gasteiger partial charge in [-0.25, -0.2) is 9.97 Å². The summed E-state index contributed by atoms with van der Waals surface area (Å²) in [6.07, 6.45) is 5.17. The van der Waals surface area contributed by atoms with Gasteiger partial charge in [0.05, 0.1) is 0 Å². The van der Waals surface area contributed by atoms with Crippen LogP contribution in [0.25, 0.3) is 0 Å². The zero-order valence-corrected chi connectivity index (χ0v) is 11.6. The summed E-state index contributed by atoms with van der Waals surface area (Å²) in [5.74, 6) is 0. The van der Waals surface area contributed by atoms with Crippen molar-refractivity contribution in [2.75, 3.05) is 12.5 Å². The zero-order chi connectivity index (χ0) is 8.69. The number of thioether (sulfide) groups is 1. The van der Waals surface area contributed by atoms with Crippen LogP contribution in [0.4, 0.5) is 0 Å². The molecule has 0 atom stereocenters. The molecule has 62 valence electrons. The van der Waals surface area contributed by atoms with Crippen LogP contribution < -0.4 is 29.6 Å². The van der Waals surface area contributed by atoms with Crippen molar-refractivity contribution in [3.8, 4) is 0 Å². The number of rotatable bonds is 1. The van der Waals surface area contributed by atoms with Crippen molar-refractivity contribution in [1.82, 2.24) is 9.97 Å². The maximum atomic E-state index is 5.49. The molecule has 2 nitrogen and oxygen atoms in total. The van der Waals surface area contributed by atoms with E-state index in [4.69, 9.17) is 11.6 Å².